The Balaban J connectivity index is 2.23. The maximum absolute atomic E-state index is 12.1. The van der Waals surface area contributed by atoms with E-state index in [1.165, 1.54) is 12.1 Å². The monoisotopic (exact) mass is 319 g/mol. The van der Waals surface area contributed by atoms with Gasteiger partial charge < -0.3 is 0 Å². The van der Waals surface area contributed by atoms with E-state index in [2.05, 4.69) is 9.82 Å². The topological polar surface area (TPSA) is 64.0 Å². The van der Waals surface area contributed by atoms with Crippen LogP contribution in [0.3, 0.4) is 0 Å². The third-order valence-electron chi connectivity index (χ3n) is 2.41. The molecule has 1 N–H and O–H groups in total. The highest BCUT2D eigenvalue weighted by molar-refractivity contribution is 7.89. The van der Waals surface area contributed by atoms with E-state index >= 15 is 0 Å². The summed E-state index contributed by atoms with van der Waals surface area (Å²) < 4.78 is 28.3. The predicted molar refractivity (Wildman–Crippen MR) is 73.7 cm³/mol. The number of sulfonamides is 1. The fourth-order valence-electron chi connectivity index (χ4n) is 1.55. The van der Waals surface area contributed by atoms with Crippen molar-refractivity contribution in [2.75, 3.05) is 0 Å². The number of benzene rings is 1. The molecule has 1 aromatic carbocycles. The van der Waals surface area contributed by atoms with E-state index in [1.807, 2.05) is 0 Å². The standard InChI is InChI=1S/C11H11Cl2N3O2S/c1-16-7-8(5-14-16)6-15-19(17,18)11-9(12)3-2-4-10(11)13/h2-5,7,15H,6H2,1H3. The van der Waals surface area contributed by atoms with Crippen LogP contribution in [0, 0.1) is 0 Å². The molecule has 2 rings (SSSR count). The number of aromatic nitrogens is 2. The SMILES string of the molecule is Cn1cc(CNS(=O)(=O)c2c(Cl)cccc2Cl)cn1. The van der Waals surface area contributed by atoms with Gasteiger partial charge >= 0.3 is 0 Å². The highest BCUT2D eigenvalue weighted by Gasteiger charge is 2.21. The average Bonchev–Trinajstić information content (AvgIpc) is 2.72. The van der Waals surface area contributed by atoms with Gasteiger partial charge in [-0.05, 0) is 12.1 Å². The number of rotatable bonds is 4. The van der Waals surface area contributed by atoms with Gasteiger partial charge in [0.25, 0.3) is 0 Å². The molecule has 19 heavy (non-hydrogen) atoms. The molecule has 0 aliphatic rings. The quantitative estimate of drug-likeness (QED) is 0.939. The van der Waals surface area contributed by atoms with E-state index in [0.717, 1.165) is 5.56 Å². The zero-order valence-electron chi connectivity index (χ0n) is 9.97. The third kappa shape index (κ3) is 3.27. The van der Waals surface area contributed by atoms with Crippen LogP contribution in [0.1, 0.15) is 5.56 Å². The van der Waals surface area contributed by atoms with Crippen molar-refractivity contribution in [2.24, 2.45) is 7.05 Å². The molecule has 1 heterocycles. The second-order valence-corrected chi connectivity index (χ2v) is 6.42. The summed E-state index contributed by atoms with van der Waals surface area (Å²) in [7, 11) is -2.01. The molecule has 0 atom stereocenters. The molecular weight excluding hydrogens is 309 g/mol. The highest BCUT2D eigenvalue weighted by Crippen LogP contribution is 2.28. The summed E-state index contributed by atoms with van der Waals surface area (Å²) in [6.07, 6.45) is 3.30. The molecular formula is C11H11Cl2N3O2S. The van der Waals surface area contributed by atoms with Crippen LogP contribution >= 0.6 is 23.2 Å². The number of hydrogen-bond donors (Lipinski definition) is 1. The Kier molecular flexibility index (Phi) is 4.15. The van der Waals surface area contributed by atoms with Crippen LogP contribution in [-0.2, 0) is 23.6 Å². The fraction of sp³-hybridized carbons (Fsp3) is 0.182. The first kappa shape index (κ1) is 14.3. The van der Waals surface area contributed by atoms with E-state index in [-0.39, 0.29) is 21.5 Å². The summed E-state index contributed by atoms with van der Waals surface area (Å²) in [4.78, 5) is -0.109. The Bertz CT molecular complexity index is 677. The maximum Gasteiger partial charge on any atom is 0.243 e. The lowest BCUT2D eigenvalue weighted by Crippen LogP contribution is -2.23. The molecule has 102 valence electrons. The number of aryl methyl sites for hydroxylation is 1. The zero-order valence-corrected chi connectivity index (χ0v) is 12.3. The molecule has 0 fully saturated rings. The van der Waals surface area contributed by atoms with Crippen LogP contribution in [0.15, 0.2) is 35.5 Å². The Labute approximate surface area is 121 Å². The van der Waals surface area contributed by atoms with Gasteiger partial charge in [-0.25, -0.2) is 13.1 Å². The van der Waals surface area contributed by atoms with Crippen LogP contribution in [0.5, 0.6) is 0 Å². The first-order valence-electron chi connectivity index (χ1n) is 5.31. The molecule has 0 aliphatic carbocycles. The van der Waals surface area contributed by atoms with Gasteiger partial charge in [0.2, 0.25) is 10.0 Å². The Morgan fingerprint density at radius 1 is 1.32 bits per heavy atom. The van der Waals surface area contributed by atoms with Crippen LogP contribution in [0.4, 0.5) is 0 Å². The smallest absolute Gasteiger partial charge is 0.243 e. The van der Waals surface area contributed by atoms with Crippen molar-refractivity contribution < 1.29 is 8.42 Å². The fourth-order valence-corrected chi connectivity index (χ4v) is 3.71. The van der Waals surface area contributed by atoms with E-state index in [9.17, 15) is 8.42 Å². The first-order valence-corrected chi connectivity index (χ1v) is 7.55. The van der Waals surface area contributed by atoms with Gasteiger partial charge in [0, 0.05) is 25.4 Å². The molecule has 0 bridgehead atoms. The molecule has 0 saturated heterocycles. The molecule has 0 amide bonds. The number of halogens is 2. The van der Waals surface area contributed by atoms with Gasteiger partial charge in [-0.15, -0.1) is 0 Å². The van der Waals surface area contributed by atoms with Crippen molar-refractivity contribution in [3.63, 3.8) is 0 Å². The molecule has 0 aliphatic heterocycles. The van der Waals surface area contributed by atoms with E-state index in [1.54, 1.807) is 30.2 Å². The minimum Gasteiger partial charge on any atom is -0.275 e. The van der Waals surface area contributed by atoms with E-state index < -0.39 is 10.0 Å². The van der Waals surface area contributed by atoms with Crippen molar-refractivity contribution in [3.05, 3.63) is 46.2 Å². The summed E-state index contributed by atoms with van der Waals surface area (Å²) >= 11 is 11.8. The minimum absolute atomic E-state index is 0.0891. The van der Waals surface area contributed by atoms with E-state index in [4.69, 9.17) is 23.2 Å². The van der Waals surface area contributed by atoms with Crippen molar-refractivity contribution in [1.82, 2.24) is 14.5 Å². The summed E-state index contributed by atoms with van der Waals surface area (Å²) in [6.45, 7) is 0.123. The summed E-state index contributed by atoms with van der Waals surface area (Å²) in [5, 5.41) is 4.13. The molecule has 0 unspecified atom stereocenters. The van der Waals surface area contributed by atoms with Crippen LogP contribution in [-0.4, -0.2) is 18.2 Å². The average molecular weight is 320 g/mol. The van der Waals surface area contributed by atoms with Crippen molar-refractivity contribution in [1.29, 1.82) is 0 Å². The second-order valence-electron chi connectivity index (χ2n) is 3.90. The Morgan fingerprint density at radius 3 is 2.47 bits per heavy atom. The number of nitrogens with one attached hydrogen (secondary N) is 1. The van der Waals surface area contributed by atoms with Crippen LogP contribution < -0.4 is 4.72 Å². The number of nitrogens with zero attached hydrogens (tertiary/aromatic N) is 2. The van der Waals surface area contributed by atoms with Gasteiger partial charge in [0.1, 0.15) is 4.90 Å². The predicted octanol–water partition coefficient (Wildman–Crippen LogP) is 2.21. The molecule has 8 heteroatoms. The van der Waals surface area contributed by atoms with Crippen LogP contribution in [0.25, 0.3) is 0 Å². The van der Waals surface area contributed by atoms with Crippen molar-refractivity contribution >= 4 is 33.2 Å². The highest BCUT2D eigenvalue weighted by atomic mass is 35.5. The second kappa shape index (κ2) is 5.50. The van der Waals surface area contributed by atoms with Gasteiger partial charge in [-0.3, -0.25) is 4.68 Å². The lowest BCUT2D eigenvalue weighted by molar-refractivity contribution is 0.581. The van der Waals surface area contributed by atoms with Crippen molar-refractivity contribution in [3.8, 4) is 0 Å². The largest absolute Gasteiger partial charge is 0.275 e. The molecule has 5 nitrogen and oxygen atoms in total. The van der Waals surface area contributed by atoms with Gasteiger partial charge in [-0.1, -0.05) is 29.3 Å². The molecule has 0 spiro atoms. The Hall–Kier alpha value is -1.08. The normalized spacial score (nSPS) is 11.7. The van der Waals surface area contributed by atoms with Gasteiger partial charge in [0.15, 0.2) is 0 Å². The minimum atomic E-state index is -3.76. The summed E-state index contributed by atoms with van der Waals surface area (Å²) in [5.41, 5.74) is 0.745. The molecule has 0 radical (unpaired) electrons. The van der Waals surface area contributed by atoms with Crippen molar-refractivity contribution in [2.45, 2.75) is 11.4 Å². The Morgan fingerprint density at radius 2 is 1.95 bits per heavy atom. The lowest BCUT2D eigenvalue weighted by atomic mass is 10.4. The third-order valence-corrected chi connectivity index (χ3v) is 4.77. The first-order chi connectivity index (χ1) is 8.90. The zero-order chi connectivity index (χ0) is 14.0. The molecule has 2 aromatic rings. The summed E-state index contributed by atoms with van der Waals surface area (Å²) in [5.74, 6) is 0. The molecule has 0 saturated carbocycles. The summed E-state index contributed by atoms with van der Waals surface area (Å²) in [6, 6.07) is 4.54. The maximum atomic E-state index is 12.1. The van der Waals surface area contributed by atoms with Gasteiger partial charge in [0.05, 0.1) is 16.2 Å². The molecule has 1 aromatic heterocycles. The lowest BCUT2D eigenvalue weighted by Gasteiger charge is -2.09. The van der Waals surface area contributed by atoms with E-state index in [0.29, 0.717) is 0 Å². The van der Waals surface area contributed by atoms with Crippen LogP contribution in [0.2, 0.25) is 10.0 Å². The number of hydrogen-bond acceptors (Lipinski definition) is 3. The van der Waals surface area contributed by atoms with Gasteiger partial charge in [-0.2, -0.15) is 5.10 Å².